The molecular formula is C8H9N5O3S2. The van der Waals surface area contributed by atoms with Gasteiger partial charge in [0.1, 0.15) is 16.3 Å². The predicted molar refractivity (Wildman–Crippen MR) is 62.3 cm³/mol. The molecule has 0 aliphatic carbocycles. The van der Waals surface area contributed by atoms with Crippen molar-refractivity contribution in [2.24, 2.45) is 0 Å². The summed E-state index contributed by atoms with van der Waals surface area (Å²) in [5.74, 6) is -0.490. The molecular weight excluding hydrogens is 278 g/mol. The largest absolute Gasteiger partial charge is 0.748 e. The first-order chi connectivity index (χ1) is 8.44. The maximum absolute atomic E-state index is 10.5. The topological polar surface area (TPSA) is 126 Å². The highest BCUT2D eigenvalue weighted by atomic mass is 32.2. The van der Waals surface area contributed by atoms with Gasteiger partial charge in [-0.05, 0) is 5.10 Å². The summed E-state index contributed by atoms with van der Waals surface area (Å²) in [6, 6.07) is 1.70. The van der Waals surface area contributed by atoms with Crippen molar-refractivity contribution in [3.8, 4) is 10.6 Å². The highest BCUT2D eigenvalue weighted by Crippen LogP contribution is 2.22. The van der Waals surface area contributed by atoms with Crippen molar-refractivity contribution in [3.63, 3.8) is 0 Å². The van der Waals surface area contributed by atoms with E-state index in [0.29, 0.717) is 10.1 Å². The normalized spacial score (nSPS) is 11.6. The minimum atomic E-state index is -4.23. The molecule has 0 radical (unpaired) electrons. The maximum atomic E-state index is 10.5. The van der Waals surface area contributed by atoms with Crippen LogP contribution in [0.3, 0.4) is 0 Å². The monoisotopic (exact) mass is 287 g/mol. The Balaban J connectivity index is 2.10. The molecule has 0 unspecified atom stereocenters. The summed E-state index contributed by atoms with van der Waals surface area (Å²) in [4.78, 5) is 0. The molecule has 0 fully saturated rings. The van der Waals surface area contributed by atoms with Gasteiger partial charge in [0.05, 0.1) is 5.75 Å². The average molecular weight is 287 g/mol. The number of hydrogen-bond acceptors (Lipinski definition) is 8. The summed E-state index contributed by atoms with van der Waals surface area (Å²) >= 11 is 1.22. The van der Waals surface area contributed by atoms with Gasteiger partial charge >= 0.3 is 0 Å². The number of aromatic nitrogens is 4. The van der Waals surface area contributed by atoms with Gasteiger partial charge in [-0.2, -0.15) is 0 Å². The van der Waals surface area contributed by atoms with Gasteiger partial charge in [-0.1, -0.05) is 16.0 Å². The van der Waals surface area contributed by atoms with Crippen LogP contribution in [0, 0.1) is 0 Å². The number of nitrogen functional groups attached to an aromatic ring is 1. The third-order valence-corrected chi connectivity index (χ3v) is 3.51. The Morgan fingerprint density at radius 1 is 1.44 bits per heavy atom. The second-order valence-electron chi connectivity index (χ2n) is 3.39. The molecule has 0 aliphatic rings. The SMILES string of the molecule is Nc1nnc(-c2cc[n+](CCS(=O)(=O)[O-])nc2)s1. The van der Waals surface area contributed by atoms with Gasteiger partial charge in [0.15, 0.2) is 17.7 Å². The van der Waals surface area contributed by atoms with Crippen LogP contribution in [0.2, 0.25) is 0 Å². The Hall–Kier alpha value is -1.65. The lowest BCUT2D eigenvalue weighted by Gasteiger charge is -2.02. The molecule has 0 bridgehead atoms. The minimum Gasteiger partial charge on any atom is -0.748 e. The van der Waals surface area contributed by atoms with Crippen molar-refractivity contribution in [3.05, 3.63) is 18.5 Å². The van der Waals surface area contributed by atoms with Crippen LogP contribution in [0.15, 0.2) is 18.5 Å². The molecule has 0 saturated heterocycles. The molecule has 0 atom stereocenters. The van der Waals surface area contributed by atoms with Crippen molar-refractivity contribution in [2.75, 3.05) is 11.5 Å². The first kappa shape index (κ1) is 12.8. The van der Waals surface area contributed by atoms with E-state index in [-0.39, 0.29) is 6.54 Å². The Morgan fingerprint density at radius 2 is 2.22 bits per heavy atom. The third-order valence-electron chi connectivity index (χ3n) is 2.03. The van der Waals surface area contributed by atoms with Crippen LogP contribution in [0.1, 0.15) is 0 Å². The standard InChI is InChI=1S/C8H9N5O3S2/c9-8-12-11-7(17-8)6-1-2-13(10-5-6)3-4-18(14,15)16/h1-2,5,9H,3-4H2,(H,14,15,16). The fourth-order valence-corrected chi connectivity index (χ4v) is 2.21. The zero-order valence-electron chi connectivity index (χ0n) is 9.05. The third kappa shape index (κ3) is 3.42. The fourth-order valence-electron chi connectivity index (χ4n) is 1.20. The van der Waals surface area contributed by atoms with Crippen LogP contribution in [-0.2, 0) is 16.7 Å². The van der Waals surface area contributed by atoms with E-state index in [4.69, 9.17) is 5.73 Å². The van der Waals surface area contributed by atoms with Gasteiger partial charge in [-0.15, -0.1) is 10.2 Å². The van der Waals surface area contributed by atoms with Crippen LogP contribution in [-0.4, -0.2) is 34.0 Å². The first-order valence-electron chi connectivity index (χ1n) is 4.83. The first-order valence-corrected chi connectivity index (χ1v) is 7.22. The Bertz CT molecular complexity index is 637. The summed E-state index contributed by atoms with van der Waals surface area (Å²) in [6.07, 6.45) is 3.08. The highest BCUT2D eigenvalue weighted by molar-refractivity contribution is 7.85. The molecule has 0 amide bonds. The summed E-state index contributed by atoms with van der Waals surface area (Å²) < 4.78 is 32.8. The molecule has 2 rings (SSSR count). The van der Waals surface area contributed by atoms with Gasteiger partial charge in [0.25, 0.3) is 0 Å². The van der Waals surface area contributed by atoms with Crippen LogP contribution in [0.4, 0.5) is 5.13 Å². The number of nitrogens with two attached hydrogens (primary N) is 1. The summed E-state index contributed by atoms with van der Waals surface area (Å²) in [6.45, 7) is 0.0182. The smallest absolute Gasteiger partial charge is 0.203 e. The number of rotatable bonds is 4. The number of nitrogens with zero attached hydrogens (tertiary/aromatic N) is 4. The van der Waals surface area contributed by atoms with Gasteiger partial charge in [0, 0.05) is 11.6 Å². The van der Waals surface area contributed by atoms with Gasteiger partial charge in [-0.3, -0.25) is 0 Å². The lowest BCUT2D eigenvalue weighted by molar-refractivity contribution is -0.750. The Kier molecular flexibility index (Phi) is 3.50. The molecule has 2 aromatic heterocycles. The zero-order valence-corrected chi connectivity index (χ0v) is 10.7. The maximum Gasteiger partial charge on any atom is 0.203 e. The van der Waals surface area contributed by atoms with Gasteiger partial charge in [0.2, 0.25) is 5.13 Å². The van der Waals surface area contributed by atoms with Crippen molar-refractivity contribution >= 4 is 26.6 Å². The van der Waals surface area contributed by atoms with Crippen LogP contribution in [0.25, 0.3) is 10.6 Å². The Labute approximate surface area is 107 Å². The van der Waals surface area contributed by atoms with E-state index >= 15 is 0 Å². The highest BCUT2D eigenvalue weighted by Gasteiger charge is 2.09. The van der Waals surface area contributed by atoms with E-state index in [1.165, 1.54) is 22.2 Å². The molecule has 8 nitrogen and oxygen atoms in total. The molecule has 0 spiro atoms. The second-order valence-corrected chi connectivity index (χ2v) is 5.92. The van der Waals surface area contributed by atoms with Crippen molar-refractivity contribution in [1.82, 2.24) is 15.3 Å². The van der Waals surface area contributed by atoms with E-state index in [0.717, 1.165) is 5.56 Å². The number of hydrogen-bond donors (Lipinski definition) is 1. The lowest BCUT2D eigenvalue weighted by Crippen LogP contribution is -2.40. The molecule has 2 heterocycles. The quantitative estimate of drug-likeness (QED) is 0.565. The van der Waals surface area contributed by atoms with Crippen LogP contribution >= 0.6 is 11.3 Å². The molecule has 2 aromatic rings. The lowest BCUT2D eigenvalue weighted by atomic mass is 10.3. The van der Waals surface area contributed by atoms with E-state index < -0.39 is 15.9 Å². The fraction of sp³-hybridized carbons (Fsp3) is 0.250. The average Bonchev–Trinajstić information content (AvgIpc) is 2.73. The van der Waals surface area contributed by atoms with Gasteiger partial charge in [-0.25, -0.2) is 8.42 Å². The molecule has 0 saturated carbocycles. The van der Waals surface area contributed by atoms with E-state index in [1.54, 1.807) is 12.3 Å². The summed E-state index contributed by atoms with van der Waals surface area (Å²) in [7, 11) is -4.23. The molecule has 96 valence electrons. The Morgan fingerprint density at radius 3 is 2.72 bits per heavy atom. The molecule has 10 heteroatoms. The van der Waals surface area contributed by atoms with E-state index in [9.17, 15) is 13.0 Å². The van der Waals surface area contributed by atoms with Crippen molar-refractivity contribution in [2.45, 2.75) is 6.54 Å². The van der Waals surface area contributed by atoms with Gasteiger partial charge < -0.3 is 10.3 Å². The molecule has 0 aromatic carbocycles. The molecule has 2 N–H and O–H groups in total. The van der Waals surface area contributed by atoms with Crippen LogP contribution in [0.5, 0.6) is 0 Å². The minimum absolute atomic E-state index is 0.0182. The summed E-state index contributed by atoms with van der Waals surface area (Å²) in [5.41, 5.74) is 6.19. The molecule has 18 heavy (non-hydrogen) atoms. The zero-order chi connectivity index (χ0) is 13.2. The predicted octanol–water partition coefficient (Wildman–Crippen LogP) is -0.985. The molecule has 0 aliphatic heterocycles. The van der Waals surface area contributed by atoms with E-state index in [1.807, 2.05) is 0 Å². The summed E-state index contributed by atoms with van der Waals surface area (Å²) in [5, 5.41) is 12.5. The number of anilines is 1. The van der Waals surface area contributed by atoms with Crippen molar-refractivity contribution < 1.29 is 17.7 Å². The van der Waals surface area contributed by atoms with Crippen LogP contribution < -0.4 is 10.4 Å². The van der Waals surface area contributed by atoms with Crippen molar-refractivity contribution in [1.29, 1.82) is 0 Å². The number of aryl methyl sites for hydroxylation is 1. The second kappa shape index (κ2) is 4.92. The van der Waals surface area contributed by atoms with E-state index in [2.05, 4.69) is 15.3 Å².